The Hall–Kier alpha value is -2.11. The van der Waals surface area contributed by atoms with Crippen LogP contribution >= 0.6 is 7.26 Å². The maximum Gasteiger partial charge on any atom is 0.109 e. The highest BCUT2D eigenvalue weighted by molar-refractivity contribution is 7.95. The molecule has 0 saturated carbocycles. The van der Waals surface area contributed by atoms with Crippen LogP contribution in [0.3, 0.4) is 0 Å². The van der Waals surface area contributed by atoms with Gasteiger partial charge < -0.3 is 4.90 Å². The molecule has 0 atom stereocenters. The van der Waals surface area contributed by atoms with Gasteiger partial charge in [0.15, 0.2) is 0 Å². The normalized spacial score (nSPS) is 15.0. The van der Waals surface area contributed by atoms with E-state index in [4.69, 9.17) is 0 Å². The first-order chi connectivity index (χ1) is 12.8. The van der Waals surface area contributed by atoms with Crippen molar-refractivity contribution in [2.75, 3.05) is 24.7 Å². The topological polar surface area (TPSA) is 3.24 Å². The van der Waals surface area contributed by atoms with Crippen molar-refractivity contribution < 1.29 is 0 Å². The van der Waals surface area contributed by atoms with E-state index in [1.54, 1.807) is 0 Å². The molecule has 0 radical (unpaired) electrons. The lowest BCUT2D eigenvalue weighted by molar-refractivity contribution is 0.578. The van der Waals surface area contributed by atoms with Crippen LogP contribution in [0.1, 0.15) is 19.3 Å². The van der Waals surface area contributed by atoms with E-state index in [0.29, 0.717) is 0 Å². The van der Waals surface area contributed by atoms with Gasteiger partial charge in [-0.2, -0.15) is 0 Å². The summed E-state index contributed by atoms with van der Waals surface area (Å²) < 4.78 is 0. The number of anilines is 1. The Bertz CT molecular complexity index is 782. The quantitative estimate of drug-likeness (QED) is 0.615. The molecule has 132 valence electrons. The van der Waals surface area contributed by atoms with Crippen LogP contribution in [0, 0.1) is 0 Å². The maximum atomic E-state index is 2.54. The Kier molecular flexibility index (Phi) is 5.09. The van der Waals surface area contributed by atoms with Crippen molar-refractivity contribution in [3.05, 3.63) is 84.9 Å². The minimum Gasteiger partial charge on any atom is -0.372 e. The van der Waals surface area contributed by atoms with Gasteiger partial charge in [0.05, 0.1) is 6.66 Å². The molecule has 26 heavy (non-hydrogen) atoms. The van der Waals surface area contributed by atoms with E-state index in [9.17, 15) is 0 Å². The van der Waals surface area contributed by atoms with Crippen LogP contribution in [0.15, 0.2) is 84.9 Å². The summed E-state index contributed by atoms with van der Waals surface area (Å²) in [5, 5.41) is 4.34. The molecule has 0 N–H and O–H groups in total. The van der Waals surface area contributed by atoms with Gasteiger partial charge in [-0.1, -0.05) is 36.4 Å². The third kappa shape index (κ3) is 3.29. The molecule has 1 aliphatic rings. The van der Waals surface area contributed by atoms with Crippen molar-refractivity contribution in [1.82, 2.24) is 0 Å². The first kappa shape index (κ1) is 17.3. The van der Waals surface area contributed by atoms with Gasteiger partial charge in [0.1, 0.15) is 23.2 Å². The molecular weight excluding hydrogens is 333 g/mol. The van der Waals surface area contributed by atoms with Gasteiger partial charge in [0.2, 0.25) is 0 Å². The fraction of sp³-hybridized carbons (Fsp3) is 0.250. The zero-order valence-corrected chi connectivity index (χ0v) is 16.4. The second-order valence-electron chi connectivity index (χ2n) is 7.24. The summed E-state index contributed by atoms with van der Waals surface area (Å²) in [7, 11) is -1.60. The molecular formula is C24H27NP+. The number of piperidine rings is 1. The smallest absolute Gasteiger partial charge is 0.109 e. The number of benzene rings is 3. The van der Waals surface area contributed by atoms with Crippen molar-refractivity contribution in [2.45, 2.75) is 19.3 Å². The van der Waals surface area contributed by atoms with Crippen LogP contribution in [0.25, 0.3) is 0 Å². The highest BCUT2D eigenvalue weighted by Gasteiger charge is 2.39. The molecule has 0 aromatic heterocycles. The van der Waals surface area contributed by atoms with E-state index in [2.05, 4.69) is 96.5 Å². The third-order valence-corrected chi connectivity index (χ3v) is 9.63. The van der Waals surface area contributed by atoms with Crippen LogP contribution < -0.4 is 20.8 Å². The zero-order chi connectivity index (χ0) is 17.8. The summed E-state index contributed by atoms with van der Waals surface area (Å²) in [4.78, 5) is 2.54. The van der Waals surface area contributed by atoms with Crippen LogP contribution in [0.5, 0.6) is 0 Å². The Balaban J connectivity index is 1.75. The van der Waals surface area contributed by atoms with E-state index in [-0.39, 0.29) is 0 Å². The summed E-state index contributed by atoms with van der Waals surface area (Å²) in [5.41, 5.74) is 1.38. The number of rotatable bonds is 4. The first-order valence-corrected chi connectivity index (χ1v) is 11.9. The predicted octanol–water partition coefficient (Wildman–Crippen LogP) is 4.60. The van der Waals surface area contributed by atoms with E-state index >= 15 is 0 Å². The van der Waals surface area contributed by atoms with Crippen LogP contribution in [0.2, 0.25) is 0 Å². The van der Waals surface area contributed by atoms with Crippen LogP contribution in [0.4, 0.5) is 5.69 Å². The molecule has 2 heteroatoms. The fourth-order valence-electron chi connectivity index (χ4n) is 4.01. The Morgan fingerprint density at radius 2 is 1.04 bits per heavy atom. The second kappa shape index (κ2) is 7.64. The summed E-state index contributed by atoms with van der Waals surface area (Å²) >= 11 is 0. The molecule has 0 aliphatic carbocycles. The predicted molar refractivity (Wildman–Crippen MR) is 117 cm³/mol. The SMILES string of the molecule is C[P+](c1ccccc1)(c1ccccc1)c1ccc(N2CCCCC2)cc1. The Morgan fingerprint density at radius 3 is 1.54 bits per heavy atom. The van der Waals surface area contributed by atoms with Crippen LogP contribution in [-0.2, 0) is 0 Å². The first-order valence-electron chi connectivity index (χ1n) is 9.62. The van der Waals surface area contributed by atoms with Crippen LogP contribution in [-0.4, -0.2) is 19.8 Å². The van der Waals surface area contributed by atoms with Gasteiger partial charge in [0, 0.05) is 18.8 Å². The Morgan fingerprint density at radius 1 is 0.577 bits per heavy atom. The molecule has 1 nitrogen and oxygen atoms in total. The van der Waals surface area contributed by atoms with Gasteiger partial charge in [-0.3, -0.25) is 0 Å². The fourth-order valence-corrected chi connectivity index (χ4v) is 7.19. The summed E-state index contributed by atoms with van der Waals surface area (Å²) in [6, 6.07) is 31.5. The molecule has 1 saturated heterocycles. The van der Waals surface area contributed by atoms with Crippen molar-refractivity contribution in [2.24, 2.45) is 0 Å². The van der Waals surface area contributed by atoms with Crippen molar-refractivity contribution >= 4 is 28.9 Å². The molecule has 1 heterocycles. The molecule has 3 aromatic carbocycles. The molecule has 0 amide bonds. The van der Waals surface area contributed by atoms with E-state index in [0.717, 1.165) is 0 Å². The van der Waals surface area contributed by atoms with Gasteiger partial charge in [-0.05, 0) is 67.8 Å². The lowest BCUT2D eigenvalue weighted by atomic mass is 10.1. The number of hydrogen-bond acceptors (Lipinski definition) is 1. The molecule has 3 aromatic rings. The van der Waals surface area contributed by atoms with Crippen molar-refractivity contribution in [3.8, 4) is 0 Å². The molecule has 0 bridgehead atoms. The van der Waals surface area contributed by atoms with Gasteiger partial charge in [-0.15, -0.1) is 0 Å². The molecule has 0 unspecified atom stereocenters. The largest absolute Gasteiger partial charge is 0.372 e. The minimum absolute atomic E-state index is 1.20. The lowest BCUT2D eigenvalue weighted by Gasteiger charge is -2.29. The number of hydrogen-bond donors (Lipinski definition) is 0. The standard InChI is InChI=1S/C24H27NP/c1-26(22-11-5-2-6-12-22,23-13-7-3-8-14-23)24-17-15-21(16-18-24)25-19-9-4-10-20-25/h2-3,5-8,11-18H,4,9-10,19-20H2,1H3/q+1. The average Bonchev–Trinajstić information content (AvgIpc) is 2.75. The zero-order valence-electron chi connectivity index (χ0n) is 15.5. The highest BCUT2D eigenvalue weighted by Crippen LogP contribution is 2.51. The molecule has 4 rings (SSSR count). The van der Waals surface area contributed by atoms with Crippen molar-refractivity contribution in [3.63, 3.8) is 0 Å². The molecule has 0 spiro atoms. The summed E-state index contributed by atoms with van der Waals surface area (Å²) in [6.07, 6.45) is 4.02. The summed E-state index contributed by atoms with van der Waals surface area (Å²) in [5.74, 6) is 0. The van der Waals surface area contributed by atoms with Gasteiger partial charge in [-0.25, -0.2) is 0 Å². The highest BCUT2D eigenvalue weighted by atomic mass is 31.2. The van der Waals surface area contributed by atoms with Gasteiger partial charge >= 0.3 is 0 Å². The number of nitrogens with zero attached hydrogens (tertiary/aromatic N) is 1. The Labute approximate surface area is 158 Å². The van der Waals surface area contributed by atoms with E-state index in [1.165, 1.54) is 54.0 Å². The van der Waals surface area contributed by atoms with E-state index < -0.39 is 7.26 Å². The maximum absolute atomic E-state index is 2.54. The van der Waals surface area contributed by atoms with Crippen molar-refractivity contribution in [1.29, 1.82) is 0 Å². The third-order valence-electron chi connectivity index (χ3n) is 5.63. The lowest BCUT2D eigenvalue weighted by Crippen LogP contribution is -2.31. The molecule has 1 fully saturated rings. The average molecular weight is 360 g/mol. The van der Waals surface area contributed by atoms with Gasteiger partial charge in [0.25, 0.3) is 0 Å². The molecule has 1 aliphatic heterocycles. The van der Waals surface area contributed by atoms with E-state index in [1.807, 2.05) is 0 Å². The second-order valence-corrected chi connectivity index (χ2v) is 10.8. The minimum atomic E-state index is -1.60. The summed E-state index contributed by atoms with van der Waals surface area (Å²) in [6.45, 7) is 4.85. The monoisotopic (exact) mass is 360 g/mol.